The van der Waals surface area contributed by atoms with Crippen LogP contribution in [-0.2, 0) is 4.79 Å². The van der Waals surface area contributed by atoms with Gasteiger partial charge in [-0.25, -0.2) is 0 Å². The Bertz CT molecular complexity index is 203. The van der Waals surface area contributed by atoms with Crippen molar-refractivity contribution in [1.29, 1.82) is 0 Å². The van der Waals surface area contributed by atoms with Gasteiger partial charge in [0.05, 0.1) is 0 Å². The maximum Gasteiger partial charge on any atom is 0.221 e. The quantitative estimate of drug-likeness (QED) is 0.610. The van der Waals surface area contributed by atoms with E-state index in [4.69, 9.17) is 10.8 Å². The summed E-state index contributed by atoms with van der Waals surface area (Å²) in [6.07, 6.45) is 0.891. The lowest BCUT2D eigenvalue weighted by molar-refractivity contribution is -0.123. The molecule has 0 spiro atoms. The second-order valence-corrected chi connectivity index (χ2v) is 5.02. The minimum atomic E-state index is -0.359. The summed E-state index contributed by atoms with van der Waals surface area (Å²) in [6, 6.07) is -0.102. The molecular formula is C11H24N2O2. The minimum absolute atomic E-state index is 0.0466. The van der Waals surface area contributed by atoms with Crippen molar-refractivity contribution in [3.63, 3.8) is 0 Å². The van der Waals surface area contributed by atoms with E-state index in [0.29, 0.717) is 18.8 Å². The van der Waals surface area contributed by atoms with Gasteiger partial charge in [-0.05, 0) is 26.2 Å². The normalized spacial score (nSPS) is 14.1. The molecule has 0 aliphatic carbocycles. The molecule has 15 heavy (non-hydrogen) atoms. The molecule has 0 fully saturated rings. The van der Waals surface area contributed by atoms with Crippen molar-refractivity contribution in [3.05, 3.63) is 0 Å². The van der Waals surface area contributed by atoms with Crippen LogP contribution >= 0.6 is 0 Å². The fourth-order valence-electron chi connectivity index (χ4n) is 1.22. The van der Waals surface area contributed by atoms with Crippen molar-refractivity contribution >= 4 is 5.91 Å². The van der Waals surface area contributed by atoms with Gasteiger partial charge in [0, 0.05) is 24.6 Å². The average molecular weight is 216 g/mol. The van der Waals surface area contributed by atoms with Crippen molar-refractivity contribution in [1.82, 2.24) is 5.32 Å². The lowest BCUT2D eigenvalue weighted by Crippen LogP contribution is -2.46. The Hall–Kier alpha value is -0.610. The largest absolute Gasteiger partial charge is 0.396 e. The van der Waals surface area contributed by atoms with Crippen molar-refractivity contribution < 1.29 is 9.90 Å². The number of rotatable bonds is 6. The Morgan fingerprint density at radius 3 is 2.40 bits per heavy atom. The highest BCUT2D eigenvalue weighted by Crippen LogP contribution is 2.09. The maximum atomic E-state index is 11.6. The van der Waals surface area contributed by atoms with Crippen LogP contribution in [0.5, 0.6) is 0 Å². The van der Waals surface area contributed by atoms with E-state index in [0.717, 1.165) is 0 Å². The number of aliphatic hydroxyl groups is 1. The first-order valence-electron chi connectivity index (χ1n) is 5.46. The van der Waals surface area contributed by atoms with E-state index in [9.17, 15) is 4.79 Å². The maximum absolute atomic E-state index is 11.6. The highest BCUT2D eigenvalue weighted by Gasteiger charge is 2.21. The Labute approximate surface area is 92.2 Å². The van der Waals surface area contributed by atoms with E-state index in [1.54, 1.807) is 0 Å². The predicted molar refractivity (Wildman–Crippen MR) is 61.4 cm³/mol. The lowest BCUT2D eigenvalue weighted by Gasteiger charge is -2.26. The molecule has 4 heteroatoms. The van der Waals surface area contributed by atoms with Crippen LogP contribution in [0.3, 0.4) is 0 Å². The smallest absolute Gasteiger partial charge is 0.221 e. The molecule has 0 saturated carbocycles. The van der Waals surface area contributed by atoms with Crippen molar-refractivity contribution in [3.8, 4) is 0 Å². The van der Waals surface area contributed by atoms with Crippen molar-refractivity contribution in [2.45, 2.75) is 52.1 Å². The second-order valence-electron chi connectivity index (χ2n) is 5.02. The molecule has 1 amide bonds. The van der Waals surface area contributed by atoms with Crippen molar-refractivity contribution in [2.24, 2.45) is 11.7 Å². The zero-order chi connectivity index (χ0) is 12.1. The third-order valence-corrected chi connectivity index (χ3v) is 2.49. The molecule has 0 aliphatic heterocycles. The van der Waals surface area contributed by atoms with Crippen LogP contribution in [0.25, 0.3) is 0 Å². The Morgan fingerprint density at radius 2 is 2.00 bits per heavy atom. The first-order valence-corrected chi connectivity index (χ1v) is 5.46. The van der Waals surface area contributed by atoms with Crippen LogP contribution in [0.2, 0.25) is 0 Å². The molecule has 1 unspecified atom stereocenters. The molecule has 4 nitrogen and oxygen atoms in total. The van der Waals surface area contributed by atoms with E-state index < -0.39 is 0 Å². The topological polar surface area (TPSA) is 75.4 Å². The standard InChI is InChI=1S/C11H24N2O2/c1-8(2)9(12)7-10(15)13-11(3,4)5-6-14/h8-9,14H,5-7,12H2,1-4H3,(H,13,15). The van der Waals surface area contributed by atoms with Gasteiger partial charge < -0.3 is 16.2 Å². The molecule has 4 N–H and O–H groups in total. The molecule has 0 aromatic rings. The summed E-state index contributed by atoms with van der Waals surface area (Å²) in [4.78, 5) is 11.6. The summed E-state index contributed by atoms with van der Waals surface area (Å²) < 4.78 is 0. The highest BCUT2D eigenvalue weighted by atomic mass is 16.3. The van der Waals surface area contributed by atoms with Crippen LogP contribution in [0.15, 0.2) is 0 Å². The second kappa shape index (κ2) is 6.08. The molecule has 0 radical (unpaired) electrons. The summed E-state index contributed by atoms with van der Waals surface area (Å²) >= 11 is 0. The van der Waals surface area contributed by atoms with Gasteiger partial charge in [-0.2, -0.15) is 0 Å². The molecular weight excluding hydrogens is 192 g/mol. The van der Waals surface area contributed by atoms with Crippen LogP contribution in [0.4, 0.5) is 0 Å². The van der Waals surface area contributed by atoms with E-state index in [2.05, 4.69) is 5.32 Å². The van der Waals surface area contributed by atoms with E-state index in [1.165, 1.54) is 0 Å². The summed E-state index contributed by atoms with van der Waals surface area (Å²) in [5.41, 5.74) is 5.44. The number of aliphatic hydroxyl groups excluding tert-OH is 1. The van der Waals surface area contributed by atoms with E-state index in [1.807, 2.05) is 27.7 Å². The zero-order valence-corrected chi connectivity index (χ0v) is 10.2. The van der Waals surface area contributed by atoms with E-state index >= 15 is 0 Å². The third kappa shape index (κ3) is 6.47. The number of carbonyl (C=O) groups is 1. The zero-order valence-electron chi connectivity index (χ0n) is 10.2. The molecule has 0 rings (SSSR count). The molecule has 0 aromatic carbocycles. The SMILES string of the molecule is CC(C)C(N)CC(=O)NC(C)(C)CCO. The van der Waals surface area contributed by atoms with Gasteiger partial charge in [0.15, 0.2) is 0 Å². The lowest BCUT2D eigenvalue weighted by atomic mass is 9.98. The molecule has 0 aromatic heterocycles. The van der Waals surface area contributed by atoms with Crippen LogP contribution < -0.4 is 11.1 Å². The van der Waals surface area contributed by atoms with Gasteiger partial charge in [0.1, 0.15) is 0 Å². The predicted octanol–water partition coefficient (Wildman–Crippen LogP) is 0.637. The molecule has 90 valence electrons. The fourth-order valence-corrected chi connectivity index (χ4v) is 1.22. The van der Waals surface area contributed by atoms with Gasteiger partial charge in [-0.3, -0.25) is 4.79 Å². The molecule has 0 aliphatic rings. The van der Waals surface area contributed by atoms with Gasteiger partial charge >= 0.3 is 0 Å². The Balaban J connectivity index is 4.03. The van der Waals surface area contributed by atoms with Crippen LogP contribution in [0.1, 0.15) is 40.5 Å². The number of nitrogens with one attached hydrogen (secondary N) is 1. The van der Waals surface area contributed by atoms with Crippen LogP contribution in [-0.4, -0.2) is 29.2 Å². The molecule has 1 atom stereocenters. The summed E-state index contributed by atoms with van der Waals surface area (Å²) in [6.45, 7) is 7.85. The Morgan fingerprint density at radius 1 is 1.47 bits per heavy atom. The van der Waals surface area contributed by atoms with Crippen molar-refractivity contribution in [2.75, 3.05) is 6.61 Å². The first-order chi connectivity index (χ1) is 6.78. The molecule has 0 heterocycles. The number of nitrogens with two attached hydrogens (primary N) is 1. The van der Waals surface area contributed by atoms with Gasteiger partial charge in [-0.1, -0.05) is 13.8 Å². The van der Waals surface area contributed by atoms with Crippen LogP contribution in [0, 0.1) is 5.92 Å². The van der Waals surface area contributed by atoms with Gasteiger partial charge in [0.2, 0.25) is 5.91 Å². The summed E-state index contributed by atoms with van der Waals surface area (Å²) in [5.74, 6) is 0.256. The minimum Gasteiger partial charge on any atom is -0.396 e. The summed E-state index contributed by atoms with van der Waals surface area (Å²) in [5, 5.41) is 11.7. The number of carbonyl (C=O) groups excluding carboxylic acids is 1. The summed E-state index contributed by atoms with van der Waals surface area (Å²) in [7, 11) is 0. The Kier molecular flexibility index (Phi) is 5.83. The van der Waals surface area contributed by atoms with Gasteiger partial charge in [0.25, 0.3) is 0 Å². The third-order valence-electron chi connectivity index (χ3n) is 2.49. The highest BCUT2D eigenvalue weighted by molar-refractivity contribution is 5.77. The number of hydrogen-bond donors (Lipinski definition) is 3. The van der Waals surface area contributed by atoms with E-state index in [-0.39, 0.29) is 24.1 Å². The monoisotopic (exact) mass is 216 g/mol. The average Bonchev–Trinajstić information content (AvgIpc) is 2.01. The number of hydrogen-bond acceptors (Lipinski definition) is 3. The fraction of sp³-hybridized carbons (Fsp3) is 0.909. The number of amides is 1. The van der Waals surface area contributed by atoms with Gasteiger partial charge in [-0.15, -0.1) is 0 Å². The molecule has 0 bridgehead atoms. The first kappa shape index (κ1) is 14.4. The molecule has 0 saturated heterocycles.